The van der Waals surface area contributed by atoms with Gasteiger partial charge in [0.05, 0.1) is 14.2 Å². The van der Waals surface area contributed by atoms with Crippen LogP contribution in [-0.4, -0.2) is 43.3 Å². The van der Waals surface area contributed by atoms with E-state index >= 15 is 0 Å². The minimum Gasteiger partial charge on any atom is -0.497 e. The van der Waals surface area contributed by atoms with Gasteiger partial charge >= 0.3 is 0 Å². The molecular formula is C17H20N2O4. The Hall–Kier alpha value is -2.50. The van der Waals surface area contributed by atoms with Crippen molar-refractivity contribution in [3.63, 3.8) is 0 Å². The molecule has 1 aromatic heterocycles. The van der Waals surface area contributed by atoms with E-state index in [2.05, 4.69) is 5.16 Å². The molecule has 23 heavy (non-hydrogen) atoms. The average molecular weight is 316 g/mol. The lowest BCUT2D eigenvalue weighted by Crippen LogP contribution is -2.50. The van der Waals surface area contributed by atoms with E-state index in [1.54, 1.807) is 32.1 Å². The molecule has 1 amide bonds. The van der Waals surface area contributed by atoms with Gasteiger partial charge in [0.1, 0.15) is 17.3 Å². The van der Waals surface area contributed by atoms with Gasteiger partial charge < -0.3 is 18.9 Å². The predicted octanol–water partition coefficient (Wildman–Crippen LogP) is 2.31. The van der Waals surface area contributed by atoms with Gasteiger partial charge in [-0.3, -0.25) is 4.79 Å². The molecule has 6 heteroatoms. The first kappa shape index (κ1) is 15.4. The van der Waals surface area contributed by atoms with Crippen molar-refractivity contribution in [2.75, 3.05) is 27.3 Å². The van der Waals surface area contributed by atoms with Gasteiger partial charge in [0, 0.05) is 25.2 Å². The number of rotatable bonds is 5. The molecule has 0 aliphatic carbocycles. The third kappa shape index (κ3) is 3.31. The van der Waals surface area contributed by atoms with Crippen molar-refractivity contribution in [1.29, 1.82) is 0 Å². The summed E-state index contributed by atoms with van der Waals surface area (Å²) in [6.07, 6.45) is 0.884. The third-order valence-corrected chi connectivity index (χ3v) is 4.03. The van der Waals surface area contributed by atoms with Crippen LogP contribution in [0.4, 0.5) is 0 Å². The average Bonchev–Trinajstić information content (AvgIpc) is 2.96. The van der Waals surface area contributed by atoms with Crippen LogP contribution in [0.1, 0.15) is 21.8 Å². The number of nitrogens with zero attached hydrogens (tertiary/aromatic N) is 2. The van der Waals surface area contributed by atoms with E-state index in [1.165, 1.54) is 0 Å². The van der Waals surface area contributed by atoms with Gasteiger partial charge in [0.2, 0.25) is 0 Å². The number of aryl methyl sites for hydroxylation is 1. The van der Waals surface area contributed by atoms with Crippen molar-refractivity contribution < 1.29 is 18.8 Å². The fraction of sp³-hybridized carbons (Fsp3) is 0.412. The van der Waals surface area contributed by atoms with Gasteiger partial charge in [0.15, 0.2) is 5.69 Å². The Balaban J connectivity index is 1.59. The highest BCUT2D eigenvalue weighted by molar-refractivity contribution is 5.92. The molecule has 6 nitrogen and oxygen atoms in total. The fourth-order valence-electron chi connectivity index (χ4n) is 2.81. The molecule has 1 fully saturated rings. The van der Waals surface area contributed by atoms with E-state index in [0.29, 0.717) is 17.4 Å². The van der Waals surface area contributed by atoms with E-state index < -0.39 is 0 Å². The van der Waals surface area contributed by atoms with Crippen molar-refractivity contribution in [1.82, 2.24) is 10.1 Å². The maximum Gasteiger partial charge on any atom is 0.276 e. The molecule has 0 radical (unpaired) electrons. The number of aromatic nitrogens is 1. The van der Waals surface area contributed by atoms with Crippen LogP contribution in [0.25, 0.3) is 0 Å². The molecular weight excluding hydrogens is 296 g/mol. The Morgan fingerprint density at radius 1 is 1.22 bits per heavy atom. The van der Waals surface area contributed by atoms with E-state index in [-0.39, 0.29) is 5.91 Å². The molecule has 0 bridgehead atoms. The second-order valence-corrected chi connectivity index (χ2v) is 5.82. The maximum atomic E-state index is 12.2. The third-order valence-electron chi connectivity index (χ3n) is 4.03. The zero-order valence-corrected chi connectivity index (χ0v) is 13.5. The van der Waals surface area contributed by atoms with Crippen molar-refractivity contribution in [3.8, 4) is 11.5 Å². The minimum absolute atomic E-state index is 0.0682. The summed E-state index contributed by atoms with van der Waals surface area (Å²) >= 11 is 0. The van der Waals surface area contributed by atoms with Gasteiger partial charge in [-0.2, -0.15) is 0 Å². The molecule has 0 unspecified atom stereocenters. The monoisotopic (exact) mass is 316 g/mol. The quantitative estimate of drug-likeness (QED) is 0.847. The molecule has 1 aromatic carbocycles. The van der Waals surface area contributed by atoms with E-state index in [0.717, 1.165) is 36.6 Å². The lowest BCUT2D eigenvalue weighted by Gasteiger charge is -2.39. The number of carbonyl (C=O) groups excluding carboxylic acids is 1. The zero-order valence-electron chi connectivity index (χ0n) is 13.5. The van der Waals surface area contributed by atoms with Crippen LogP contribution in [0, 0.1) is 12.8 Å². The van der Waals surface area contributed by atoms with Gasteiger partial charge in [-0.25, -0.2) is 0 Å². The first-order chi connectivity index (χ1) is 11.1. The topological polar surface area (TPSA) is 64.8 Å². The SMILES string of the molecule is COc1cc(CC2CN(C(=O)c3cc(C)on3)C2)cc(OC)c1. The van der Waals surface area contributed by atoms with Crippen LogP contribution in [0.2, 0.25) is 0 Å². The summed E-state index contributed by atoms with van der Waals surface area (Å²) in [5.74, 6) is 2.58. The summed E-state index contributed by atoms with van der Waals surface area (Å²) in [5, 5.41) is 3.77. The number of carbonyl (C=O) groups is 1. The highest BCUT2D eigenvalue weighted by atomic mass is 16.5. The molecule has 2 aromatic rings. The lowest BCUT2D eigenvalue weighted by molar-refractivity contribution is 0.0490. The van der Waals surface area contributed by atoms with Crippen LogP contribution >= 0.6 is 0 Å². The van der Waals surface area contributed by atoms with E-state index in [9.17, 15) is 4.79 Å². The second-order valence-electron chi connectivity index (χ2n) is 5.82. The molecule has 1 aliphatic rings. The largest absolute Gasteiger partial charge is 0.497 e. The van der Waals surface area contributed by atoms with Gasteiger partial charge in [-0.05, 0) is 37.0 Å². The summed E-state index contributed by atoms with van der Waals surface area (Å²) in [5.41, 5.74) is 1.53. The number of likely N-dealkylation sites (tertiary alicyclic amines) is 1. The highest BCUT2D eigenvalue weighted by Crippen LogP contribution is 2.27. The number of ether oxygens (including phenoxy) is 2. The van der Waals surface area contributed by atoms with Gasteiger partial charge in [-0.15, -0.1) is 0 Å². The second kappa shape index (κ2) is 6.32. The minimum atomic E-state index is -0.0682. The fourth-order valence-corrected chi connectivity index (χ4v) is 2.81. The van der Waals surface area contributed by atoms with Crippen LogP contribution < -0.4 is 9.47 Å². The van der Waals surface area contributed by atoms with Gasteiger partial charge in [0.25, 0.3) is 5.91 Å². The standard InChI is InChI=1S/C17H20N2O4/c1-11-4-16(18-23-11)17(20)19-9-13(10-19)5-12-6-14(21-2)8-15(7-12)22-3/h4,6-8,13H,5,9-10H2,1-3H3. The summed E-state index contributed by atoms with van der Waals surface area (Å²) < 4.78 is 15.5. The molecule has 122 valence electrons. The maximum absolute atomic E-state index is 12.2. The van der Waals surface area contributed by atoms with E-state index in [4.69, 9.17) is 14.0 Å². The highest BCUT2D eigenvalue weighted by Gasteiger charge is 2.32. The van der Waals surface area contributed by atoms with Crippen LogP contribution in [0.15, 0.2) is 28.8 Å². The molecule has 1 aliphatic heterocycles. The summed E-state index contributed by atoms with van der Waals surface area (Å²) in [4.78, 5) is 14.0. The first-order valence-corrected chi connectivity index (χ1v) is 7.53. The Labute approximate surface area is 135 Å². The number of hydrogen-bond donors (Lipinski definition) is 0. The number of methoxy groups -OCH3 is 2. The smallest absolute Gasteiger partial charge is 0.276 e. The zero-order chi connectivity index (χ0) is 16.4. The van der Waals surface area contributed by atoms with Crippen molar-refractivity contribution >= 4 is 5.91 Å². The number of benzene rings is 1. The Morgan fingerprint density at radius 3 is 2.39 bits per heavy atom. The van der Waals surface area contributed by atoms with Crippen molar-refractivity contribution in [2.45, 2.75) is 13.3 Å². The predicted molar refractivity (Wildman–Crippen MR) is 83.9 cm³/mol. The molecule has 2 heterocycles. The molecule has 0 N–H and O–H groups in total. The molecule has 3 rings (SSSR count). The first-order valence-electron chi connectivity index (χ1n) is 7.53. The Kier molecular flexibility index (Phi) is 4.23. The molecule has 1 saturated heterocycles. The Morgan fingerprint density at radius 2 is 1.87 bits per heavy atom. The van der Waals surface area contributed by atoms with Crippen LogP contribution in [0.5, 0.6) is 11.5 Å². The summed E-state index contributed by atoms with van der Waals surface area (Å²) in [7, 11) is 3.28. The normalized spacial score (nSPS) is 14.5. The summed E-state index contributed by atoms with van der Waals surface area (Å²) in [6.45, 7) is 3.23. The number of hydrogen-bond acceptors (Lipinski definition) is 5. The molecule has 0 saturated carbocycles. The van der Waals surface area contributed by atoms with Crippen LogP contribution in [0.3, 0.4) is 0 Å². The Bertz CT molecular complexity index is 682. The number of amides is 1. The van der Waals surface area contributed by atoms with E-state index in [1.807, 2.05) is 18.2 Å². The van der Waals surface area contributed by atoms with Gasteiger partial charge in [-0.1, -0.05) is 5.16 Å². The molecule has 0 spiro atoms. The summed E-state index contributed by atoms with van der Waals surface area (Å²) in [6, 6.07) is 7.54. The van der Waals surface area contributed by atoms with Crippen molar-refractivity contribution in [3.05, 3.63) is 41.3 Å². The lowest BCUT2D eigenvalue weighted by atomic mass is 9.91. The van der Waals surface area contributed by atoms with Crippen LogP contribution in [-0.2, 0) is 6.42 Å². The molecule has 0 atom stereocenters. The van der Waals surface area contributed by atoms with Crippen molar-refractivity contribution in [2.24, 2.45) is 5.92 Å².